The van der Waals surface area contributed by atoms with Gasteiger partial charge < -0.3 is 4.90 Å². The molecule has 0 atom stereocenters. The van der Waals surface area contributed by atoms with Gasteiger partial charge in [0.25, 0.3) is 0 Å². The maximum Gasteiger partial charge on any atom is 0.242 e. The van der Waals surface area contributed by atoms with E-state index in [4.69, 9.17) is 12.2 Å². The van der Waals surface area contributed by atoms with Gasteiger partial charge in [-0.25, -0.2) is 0 Å². The van der Waals surface area contributed by atoms with Crippen LogP contribution in [0.2, 0.25) is 0 Å². The first-order valence-corrected chi connectivity index (χ1v) is 7.90. The van der Waals surface area contributed by atoms with Crippen molar-refractivity contribution >= 4 is 18.1 Å². The largest absolute Gasteiger partial charge is 0.344 e. The molecule has 0 bridgehead atoms. The topological polar surface area (TPSA) is 53.9 Å². The first kappa shape index (κ1) is 16.4. The number of carbonyl (C=O) groups excluding carboxylic acids is 1. The van der Waals surface area contributed by atoms with Crippen molar-refractivity contribution in [3.63, 3.8) is 0 Å². The van der Waals surface area contributed by atoms with Crippen molar-refractivity contribution in [2.45, 2.75) is 33.2 Å². The Morgan fingerprint density at radius 3 is 2.91 bits per heavy atom. The van der Waals surface area contributed by atoms with Crippen LogP contribution in [0.1, 0.15) is 25.3 Å². The average molecular weight is 318 g/mol. The molecule has 2 aromatic rings. The van der Waals surface area contributed by atoms with E-state index in [1.165, 1.54) is 0 Å². The lowest BCUT2D eigenvalue weighted by Gasteiger charge is -2.17. The Bertz CT molecular complexity index is 704. The molecule has 2 rings (SSSR count). The molecule has 1 N–H and O–H groups in total. The molecule has 118 valence electrons. The lowest BCUT2D eigenvalue weighted by atomic mass is 10.1. The number of rotatable bonds is 6. The summed E-state index contributed by atoms with van der Waals surface area (Å²) in [5.74, 6) is 0.741. The van der Waals surface area contributed by atoms with Gasteiger partial charge in [-0.3, -0.25) is 14.5 Å². The molecule has 0 aliphatic carbocycles. The van der Waals surface area contributed by atoms with Crippen molar-refractivity contribution in [3.8, 4) is 11.4 Å². The average Bonchev–Trinajstić information content (AvgIpc) is 2.86. The van der Waals surface area contributed by atoms with Gasteiger partial charge in [-0.05, 0) is 31.6 Å². The Kier molecular flexibility index (Phi) is 5.49. The van der Waals surface area contributed by atoms with Gasteiger partial charge in [0, 0.05) is 19.2 Å². The van der Waals surface area contributed by atoms with Crippen molar-refractivity contribution in [2.24, 2.45) is 0 Å². The van der Waals surface area contributed by atoms with Crippen molar-refractivity contribution in [1.82, 2.24) is 19.7 Å². The summed E-state index contributed by atoms with van der Waals surface area (Å²) in [4.78, 5) is 14.1. The fraction of sp³-hybridized carbons (Fsp3) is 0.438. The van der Waals surface area contributed by atoms with Crippen LogP contribution in [0.4, 0.5) is 0 Å². The zero-order chi connectivity index (χ0) is 16.1. The van der Waals surface area contributed by atoms with E-state index in [-0.39, 0.29) is 12.5 Å². The molecule has 0 saturated carbocycles. The van der Waals surface area contributed by atoms with Crippen LogP contribution < -0.4 is 0 Å². The van der Waals surface area contributed by atoms with Gasteiger partial charge in [0.15, 0.2) is 10.6 Å². The molecule has 0 fully saturated rings. The van der Waals surface area contributed by atoms with Crippen LogP contribution in [-0.4, -0.2) is 39.2 Å². The van der Waals surface area contributed by atoms with Crippen LogP contribution in [0.3, 0.4) is 0 Å². The molecule has 22 heavy (non-hydrogen) atoms. The van der Waals surface area contributed by atoms with Crippen molar-refractivity contribution in [2.75, 3.05) is 13.6 Å². The number of nitrogens with one attached hydrogen (secondary N) is 1. The number of H-pyrrole nitrogens is 1. The lowest BCUT2D eigenvalue weighted by molar-refractivity contribution is -0.130. The van der Waals surface area contributed by atoms with E-state index in [1.807, 2.05) is 38.2 Å². The molecule has 1 amide bonds. The normalized spacial score (nSPS) is 10.7. The number of carbonyl (C=O) groups is 1. The summed E-state index contributed by atoms with van der Waals surface area (Å²) in [6.45, 7) is 5.11. The summed E-state index contributed by atoms with van der Waals surface area (Å²) in [5, 5.41) is 7.06. The van der Waals surface area contributed by atoms with Crippen molar-refractivity contribution < 1.29 is 4.79 Å². The lowest BCUT2D eigenvalue weighted by Crippen LogP contribution is -2.31. The van der Waals surface area contributed by atoms with Crippen LogP contribution in [0, 0.1) is 11.7 Å². The van der Waals surface area contributed by atoms with Gasteiger partial charge in [-0.2, -0.15) is 5.10 Å². The van der Waals surface area contributed by atoms with E-state index in [2.05, 4.69) is 17.1 Å². The molecule has 1 heterocycles. The molecule has 0 unspecified atom stereocenters. The Morgan fingerprint density at radius 1 is 1.45 bits per heavy atom. The minimum absolute atomic E-state index is 0.0415. The maximum absolute atomic E-state index is 12.3. The molecule has 0 saturated heterocycles. The third-order valence-electron chi connectivity index (χ3n) is 3.60. The maximum atomic E-state index is 12.3. The van der Waals surface area contributed by atoms with E-state index < -0.39 is 0 Å². The van der Waals surface area contributed by atoms with Crippen LogP contribution in [0.15, 0.2) is 24.3 Å². The highest BCUT2D eigenvalue weighted by Crippen LogP contribution is 2.18. The fourth-order valence-corrected chi connectivity index (χ4v) is 2.44. The second-order valence-electron chi connectivity index (χ2n) is 5.48. The molecule has 0 aliphatic heterocycles. The molecule has 1 aromatic heterocycles. The van der Waals surface area contributed by atoms with Gasteiger partial charge in [0.05, 0.1) is 0 Å². The van der Waals surface area contributed by atoms with Crippen LogP contribution >= 0.6 is 12.2 Å². The quantitative estimate of drug-likeness (QED) is 0.832. The van der Waals surface area contributed by atoms with E-state index >= 15 is 0 Å². The number of aromatic nitrogens is 3. The Hall–Kier alpha value is -1.95. The number of amides is 1. The number of unbranched alkanes of at least 4 members (excludes halogenated alkanes) is 1. The monoisotopic (exact) mass is 318 g/mol. The summed E-state index contributed by atoms with van der Waals surface area (Å²) in [5.41, 5.74) is 2.10. The number of likely N-dealkylation sites (N-methyl/N-ethyl adjacent to an activating group) is 1. The minimum Gasteiger partial charge on any atom is -0.344 e. The second kappa shape index (κ2) is 7.35. The van der Waals surface area contributed by atoms with Gasteiger partial charge in [-0.1, -0.05) is 37.1 Å². The van der Waals surface area contributed by atoms with Crippen LogP contribution in [0.5, 0.6) is 0 Å². The smallest absolute Gasteiger partial charge is 0.242 e. The van der Waals surface area contributed by atoms with E-state index in [1.54, 1.807) is 9.47 Å². The van der Waals surface area contributed by atoms with Crippen LogP contribution in [0.25, 0.3) is 11.4 Å². The van der Waals surface area contributed by atoms with E-state index in [0.29, 0.717) is 10.6 Å². The minimum atomic E-state index is 0.0415. The molecule has 6 heteroatoms. The number of aryl methyl sites for hydroxylation is 1. The Morgan fingerprint density at radius 2 is 2.23 bits per heavy atom. The highest BCUT2D eigenvalue weighted by molar-refractivity contribution is 7.71. The molecule has 5 nitrogen and oxygen atoms in total. The first-order valence-electron chi connectivity index (χ1n) is 7.49. The third-order valence-corrected chi connectivity index (χ3v) is 3.91. The van der Waals surface area contributed by atoms with Gasteiger partial charge >= 0.3 is 0 Å². The van der Waals surface area contributed by atoms with Crippen LogP contribution in [-0.2, 0) is 11.3 Å². The predicted octanol–water partition coefficient (Wildman–Crippen LogP) is 3.17. The van der Waals surface area contributed by atoms with Gasteiger partial charge in [0.1, 0.15) is 6.54 Å². The number of nitrogens with zero attached hydrogens (tertiary/aromatic N) is 3. The summed E-state index contributed by atoms with van der Waals surface area (Å²) in [7, 11) is 1.83. The first-order chi connectivity index (χ1) is 10.5. The summed E-state index contributed by atoms with van der Waals surface area (Å²) < 4.78 is 2.23. The number of hydrogen-bond donors (Lipinski definition) is 1. The van der Waals surface area contributed by atoms with Crippen molar-refractivity contribution in [3.05, 3.63) is 34.6 Å². The highest BCUT2D eigenvalue weighted by atomic mass is 32.1. The summed E-state index contributed by atoms with van der Waals surface area (Å²) in [6, 6.07) is 8.01. The Labute approximate surface area is 136 Å². The summed E-state index contributed by atoms with van der Waals surface area (Å²) in [6.07, 6.45) is 2.07. The molecular weight excluding hydrogens is 296 g/mol. The number of benzene rings is 1. The molecular formula is C16H22N4OS. The zero-order valence-corrected chi connectivity index (χ0v) is 14.1. The van der Waals surface area contributed by atoms with Gasteiger partial charge in [-0.15, -0.1) is 0 Å². The summed E-state index contributed by atoms with van der Waals surface area (Å²) >= 11 is 5.27. The zero-order valence-electron chi connectivity index (χ0n) is 13.3. The van der Waals surface area contributed by atoms with E-state index in [9.17, 15) is 4.79 Å². The molecule has 0 radical (unpaired) electrons. The highest BCUT2D eigenvalue weighted by Gasteiger charge is 2.15. The number of hydrogen-bond acceptors (Lipinski definition) is 3. The SMILES string of the molecule is CCCCN(C)C(=O)Cn1c(-c2cccc(C)c2)n[nH]c1=S. The Balaban J connectivity index is 2.23. The molecule has 0 spiro atoms. The fourth-order valence-electron chi connectivity index (χ4n) is 2.24. The standard InChI is InChI=1S/C16H22N4OS/c1-4-5-9-19(3)14(21)11-20-15(17-18-16(20)22)13-8-6-7-12(2)10-13/h6-8,10H,4-5,9,11H2,1-3H3,(H,18,22). The molecule has 0 aliphatic rings. The second-order valence-corrected chi connectivity index (χ2v) is 5.86. The van der Waals surface area contributed by atoms with Gasteiger partial charge in [0.2, 0.25) is 5.91 Å². The predicted molar refractivity (Wildman–Crippen MR) is 90.1 cm³/mol. The molecule has 1 aromatic carbocycles. The van der Waals surface area contributed by atoms with E-state index in [0.717, 1.165) is 30.5 Å². The number of aromatic amines is 1. The van der Waals surface area contributed by atoms with Crippen molar-refractivity contribution in [1.29, 1.82) is 0 Å². The third kappa shape index (κ3) is 3.82.